The van der Waals surface area contributed by atoms with Crippen LogP contribution in [0.4, 0.5) is 0 Å². The molecule has 0 aliphatic carbocycles. The third-order valence-electron chi connectivity index (χ3n) is 3.65. The van der Waals surface area contributed by atoms with E-state index in [1.807, 2.05) is 49.4 Å². The Morgan fingerprint density at radius 2 is 1.92 bits per heavy atom. The predicted octanol–water partition coefficient (Wildman–Crippen LogP) is 2.86. The summed E-state index contributed by atoms with van der Waals surface area (Å²) in [7, 11) is 0. The molecule has 0 atom stereocenters. The van der Waals surface area contributed by atoms with Crippen molar-refractivity contribution in [2.24, 2.45) is 0 Å². The van der Waals surface area contributed by atoms with Crippen molar-refractivity contribution in [2.75, 3.05) is 0 Å². The number of aromatic amines is 1. The zero-order valence-electron chi connectivity index (χ0n) is 13.3. The number of rotatable bonds is 3. The van der Waals surface area contributed by atoms with Crippen molar-refractivity contribution in [1.29, 1.82) is 0 Å². The summed E-state index contributed by atoms with van der Waals surface area (Å²) in [5.41, 5.74) is 2.30. The number of nitrogens with zero attached hydrogens (tertiary/aromatic N) is 4. The van der Waals surface area contributed by atoms with Gasteiger partial charge in [-0.25, -0.2) is 4.98 Å². The Morgan fingerprint density at radius 3 is 2.68 bits per heavy atom. The minimum atomic E-state index is -0.346. The van der Waals surface area contributed by atoms with Crippen LogP contribution in [0.15, 0.2) is 64.2 Å². The molecule has 122 valence electrons. The summed E-state index contributed by atoms with van der Waals surface area (Å²) in [6.07, 6.45) is 3.10. The Balaban J connectivity index is 1.70. The monoisotopic (exact) mass is 331 g/mol. The minimum absolute atomic E-state index is 0.103. The second kappa shape index (κ2) is 6.12. The first-order chi connectivity index (χ1) is 12.2. The van der Waals surface area contributed by atoms with Gasteiger partial charge in [0, 0.05) is 18.0 Å². The summed E-state index contributed by atoms with van der Waals surface area (Å²) < 4.78 is 5.21. The largest absolute Gasteiger partial charge is 0.333 e. The maximum absolute atomic E-state index is 12.4. The third-order valence-corrected chi connectivity index (χ3v) is 3.65. The molecule has 25 heavy (non-hydrogen) atoms. The lowest BCUT2D eigenvalue weighted by Crippen LogP contribution is -2.11. The van der Waals surface area contributed by atoms with Crippen LogP contribution in [-0.2, 0) is 0 Å². The molecule has 0 amide bonds. The van der Waals surface area contributed by atoms with Crippen LogP contribution in [0, 0.1) is 6.92 Å². The van der Waals surface area contributed by atoms with Gasteiger partial charge in [0.2, 0.25) is 5.82 Å². The van der Waals surface area contributed by atoms with Gasteiger partial charge >= 0.3 is 0 Å². The molecule has 1 aromatic carbocycles. The van der Waals surface area contributed by atoms with Crippen LogP contribution in [0.3, 0.4) is 0 Å². The molecule has 0 aliphatic rings. The van der Waals surface area contributed by atoms with Gasteiger partial charge in [0.25, 0.3) is 11.4 Å². The number of nitrogens with one attached hydrogen (secondary N) is 1. The predicted molar refractivity (Wildman–Crippen MR) is 91.6 cm³/mol. The molecule has 0 radical (unpaired) electrons. The molecule has 1 N–H and O–H groups in total. The standard InChI is InChI=1S/C18H13N5O2/c1-11-7-8-19-14(9-11)16-22-18(25-23-16)13-10-20-15(21-17(13)24)12-5-3-2-4-6-12/h2-10H,1H3,(H,20,21,24). The van der Waals surface area contributed by atoms with Crippen LogP contribution in [0.5, 0.6) is 0 Å². The van der Waals surface area contributed by atoms with Crippen molar-refractivity contribution in [2.45, 2.75) is 6.92 Å². The summed E-state index contributed by atoms with van der Waals surface area (Å²) in [5.74, 6) is 0.909. The van der Waals surface area contributed by atoms with Crippen LogP contribution in [0.2, 0.25) is 0 Å². The first-order valence-corrected chi connectivity index (χ1v) is 7.62. The van der Waals surface area contributed by atoms with Gasteiger partial charge in [-0.05, 0) is 24.6 Å². The van der Waals surface area contributed by atoms with Crippen LogP contribution < -0.4 is 5.56 Å². The zero-order chi connectivity index (χ0) is 17.2. The van der Waals surface area contributed by atoms with Crippen LogP contribution in [0.1, 0.15) is 5.56 Å². The Morgan fingerprint density at radius 1 is 1.08 bits per heavy atom. The highest BCUT2D eigenvalue weighted by atomic mass is 16.5. The van der Waals surface area contributed by atoms with Gasteiger partial charge in [-0.15, -0.1) is 0 Å². The molecule has 0 spiro atoms. The van der Waals surface area contributed by atoms with Gasteiger partial charge in [-0.3, -0.25) is 9.78 Å². The number of aryl methyl sites for hydroxylation is 1. The van der Waals surface area contributed by atoms with Crippen molar-refractivity contribution in [1.82, 2.24) is 25.1 Å². The Kier molecular flexibility index (Phi) is 3.66. The zero-order valence-corrected chi connectivity index (χ0v) is 13.3. The van der Waals surface area contributed by atoms with E-state index in [2.05, 4.69) is 25.1 Å². The molecule has 7 heteroatoms. The average molecular weight is 331 g/mol. The Labute approximate surface area is 142 Å². The quantitative estimate of drug-likeness (QED) is 0.620. The molecule has 3 aromatic heterocycles. The Bertz CT molecular complexity index is 1090. The molecule has 4 rings (SSSR count). The van der Waals surface area contributed by atoms with E-state index < -0.39 is 0 Å². The van der Waals surface area contributed by atoms with Gasteiger partial charge in [0.05, 0.1) is 0 Å². The Hall–Kier alpha value is -3.61. The van der Waals surface area contributed by atoms with E-state index >= 15 is 0 Å². The molecule has 7 nitrogen and oxygen atoms in total. The van der Waals surface area contributed by atoms with Gasteiger partial charge in [-0.1, -0.05) is 35.5 Å². The summed E-state index contributed by atoms with van der Waals surface area (Å²) in [5, 5.41) is 3.90. The van der Waals surface area contributed by atoms with Gasteiger partial charge in [0.1, 0.15) is 17.1 Å². The lowest BCUT2D eigenvalue weighted by atomic mass is 10.2. The van der Waals surface area contributed by atoms with E-state index in [0.29, 0.717) is 17.3 Å². The van der Waals surface area contributed by atoms with Crippen LogP contribution in [-0.4, -0.2) is 25.1 Å². The van der Waals surface area contributed by atoms with E-state index in [9.17, 15) is 4.79 Å². The number of H-pyrrole nitrogens is 1. The number of aromatic nitrogens is 5. The van der Waals surface area contributed by atoms with Gasteiger partial charge < -0.3 is 9.51 Å². The fraction of sp³-hybridized carbons (Fsp3) is 0.0556. The maximum Gasteiger partial charge on any atom is 0.265 e. The lowest BCUT2D eigenvalue weighted by molar-refractivity contribution is 0.431. The molecule has 3 heterocycles. The SMILES string of the molecule is Cc1ccnc(-c2noc(-c3cnc(-c4ccccc4)[nH]c3=O)n2)c1. The molecule has 0 fully saturated rings. The first kappa shape index (κ1) is 14.9. The molecule has 0 saturated heterocycles. The van der Waals surface area contributed by atoms with E-state index in [-0.39, 0.29) is 17.0 Å². The molecule has 0 saturated carbocycles. The third kappa shape index (κ3) is 2.94. The first-order valence-electron chi connectivity index (χ1n) is 7.62. The second-order valence-electron chi connectivity index (χ2n) is 5.48. The normalized spacial score (nSPS) is 10.8. The topological polar surface area (TPSA) is 97.6 Å². The molecule has 0 unspecified atom stereocenters. The second-order valence-corrected chi connectivity index (χ2v) is 5.48. The average Bonchev–Trinajstić information content (AvgIpc) is 3.12. The van der Waals surface area contributed by atoms with E-state index in [1.54, 1.807) is 6.20 Å². The lowest BCUT2D eigenvalue weighted by Gasteiger charge is -2.00. The summed E-state index contributed by atoms with van der Waals surface area (Å²) in [6, 6.07) is 13.1. The smallest absolute Gasteiger partial charge is 0.265 e. The van der Waals surface area contributed by atoms with E-state index in [4.69, 9.17) is 4.52 Å². The van der Waals surface area contributed by atoms with Crippen molar-refractivity contribution in [3.05, 3.63) is 70.8 Å². The minimum Gasteiger partial charge on any atom is -0.333 e. The molecule has 0 aliphatic heterocycles. The summed E-state index contributed by atoms with van der Waals surface area (Å²) >= 11 is 0. The highest BCUT2D eigenvalue weighted by molar-refractivity contribution is 5.59. The highest BCUT2D eigenvalue weighted by Crippen LogP contribution is 2.19. The highest BCUT2D eigenvalue weighted by Gasteiger charge is 2.15. The number of hydrogen-bond donors (Lipinski definition) is 1. The summed E-state index contributed by atoms with van der Waals surface area (Å²) in [6.45, 7) is 1.95. The molecule has 0 bridgehead atoms. The molecule has 4 aromatic rings. The van der Waals surface area contributed by atoms with Crippen LogP contribution in [0.25, 0.3) is 34.4 Å². The van der Waals surface area contributed by atoms with Crippen molar-refractivity contribution in [3.8, 4) is 34.4 Å². The van der Waals surface area contributed by atoms with E-state index in [0.717, 1.165) is 11.1 Å². The van der Waals surface area contributed by atoms with E-state index in [1.165, 1.54) is 6.20 Å². The number of benzene rings is 1. The molecular formula is C18H13N5O2. The fourth-order valence-electron chi connectivity index (χ4n) is 2.39. The van der Waals surface area contributed by atoms with Crippen LogP contribution >= 0.6 is 0 Å². The van der Waals surface area contributed by atoms with Gasteiger partial charge in [-0.2, -0.15) is 4.98 Å². The van der Waals surface area contributed by atoms with Gasteiger partial charge in [0.15, 0.2) is 0 Å². The van der Waals surface area contributed by atoms with Crippen molar-refractivity contribution >= 4 is 0 Å². The van der Waals surface area contributed by atoms with Crippen molar-refractivity contribution < 1.29 is 4.52 Å². The number of hydrogen-bond acceptors (Lipinski definition) is 6. The number of pyridine rings is 1. The maximum atomic E-state index is 12.4. The fourth-order valence-corrected chi connectivity index (χ4v) is 2.39. The van der Waals surface area contributed by atoms with Crippen molar-refractivity contribution in [3.63, 3.8) is 0 Å². The molecular weight excluding hydrogens is 318 g/mol. The summed E-state index contributed by atoms with van der Waals surface area (Å²) in [4.78, 5) is 27.9.